The lowest BCUT2D eigenvalue weighted by Crippen LogP contribution is -2.37. The molecule has 1 unspecified atom stereocenters. The Morgan fingerprint density at radius 1 is 1.06 bits per heavy atom. The Labute approximate surface area is 187 Å². The lowest BCUT2D eigenvalue weighted by Gasteiger charge is -2.22. The van der Waals surface area contributed by atoms with Crippen LogP contribution >= 0.6 is 0 Å². The molecule has 0 spiro atoms. The Bertz CT molecular complexity index is 1100. The van der Waals surface area contributed by atoms with Crippen molar-refractivity contribution >= 4 is 17.5 Å². The van der Waals surface area contributed by atoms with Gasteiger partial charge in [-0.25, -0.2) is 0 Å². The van der Waals surface area contributed by atoms with Gasteiger partial charge in [-0.15, -0.1) is 0 Å². The topological polar surface area (TPSA) is 67.9 Å². The number of methoxy groups -OCH3 is 1. The molecule has 1 atom stereocenters. The normalized spacial score (nSPS) is 15.4. The molecule has 0 saturated carbocycles. The van der Waals surface area contributed by atoms with Crippen molar-refractivity contribution in [2.24, 2.45) is 0 Å². The monoisotopic (exact) mass is 430 g/mol. The van der Waals surface area contributed by atoms with Gasteiger partial charge in [-0.2, -0.15) is 0 Å². The van der Waals surface area contributed by atoms with Gasteiger partial charge in [-0.1, -0.05) is 42.5 Å². The second kappa shape index (κ2) is 9.56. The number of ether oxygens (including phenoxy) is 2. The van der Waals surface area contributed by atoms with E-state index in [4.69, 9.17) is 9.47 Å². The molecule has 0 fully saturated rings. The summed E-state index contributed by atoms with van der Waals surface area (Å²) in [4.78, 5) is 27.1. The van der Waals surface area contributed by atoms with Crippen LogP contribution in [0.2, 0.25) is 0 Å². The Kier molecular flexibility index (Phi) is 6.40. The largest absolute Gasteiger partial charge is 0.497 e. The molecule has 1 N–H and O–H groups in total. The van der Waals surface area contributed by atoms with Gasteiger partial charge in [-0.05, 0) is 48.4 Å². The van der Waals surface area contributed by atoms with Crippen molar-refractivity contribution in [3.05, 3.63) is 89.5 Å². The Balaban J connectivity index is 1.50. The van der Waals surface area contributed by atoms with Crippen LogP contribution in [0.25, 0.3) is 0 Å². The fraction of sp³-hybridized carbons (Fsp3) is 0.231. The van der Waals surface area contributed by atoms with Gasteiger partial charge >= 0.3 is 0 Å². The lowest BCUT2D eigenvalue weighted by molar-refractivity contribution is -0.138. The number of benzene rings is 3. The molecule has 0 bridgehead atoms. The molecule has 0 aromatic heterocycles. The van der Waals surface area contributed by atoms with Gasteiger partial charge in [0.15, 0.2) is 6.10 Å². The van der Waals surface area contributed by atoms with Crippen molar-refractivity contribution in [1.82, 2.24) is 4.90 Å². The molecule has 0 radical (unpaired) electrons. The molecule has 0 saturated heterocycles. The summed E-state index contributed by atoms with van der Waals surface area (Å²) in [5.74, 6) is 1.26. The Hall–Kier alpha value is -3.80. The van der Waals surface area contributed by atoms with E-state index >= 15 is 0 Å². The van der Waals surface area contributed by atoms with E-state index in [1.807, 2.05) is 66.7 Å². The minimum Gasteiger partial charge on any atom is -0.497 e. The number of carbonyl (C=O) groups excluding carboxylic acids is 2. The number of nitrogens with one attached hydrogen (secondary N) is 1. The van der Waals surface area contributed by atoms with E-state index in [0.29, 0.717) is 30.9 Å². The fourth-order valence-electron chi connectivity index (χ4n) is 3.75. The molecule has 3 aromatic rings. The molecule has 164 valence electrons. The number of hydrogen-bond acceptors (Lipinski definition) is 4. The summed E-state index contributed by atoms with van der Waals surface area (Å²) < 4.78 is 11.1. The number of rotatable bonds is 6. The average Bonchev–Trinajstić information content (AvgIpc) is 2.91. The highest BCUT2D eigenvalue weighted by Crippen LogP contribution is 2.29. The van der Waals surface area contributed by atoms with Crippen molar-refractivity contribution < 1.29 is 19.1 Å². The maximum atomic E-state index is 12.9. The van der Waals surface area contributed by atoms with Crippen molar-refractivity contribution in [3.63, 3.8) is 0 Å². The molecule has 32 heavy (non-hydrogen) atoms. The van der Waals surface area contributed by atoms with Crippen molar-refractivity contribution in [2.45, 2.75) is 32.5 Å². The zero-order valence-electron chi connectivity index (χ0n) is 18.2. The van der Waals surface area contributed by atoms with Crippen LogP contribution in [0.15, 0.2) is 72.8 Å². The summed E-state index contributed by atoms with van der Waals surface area (Å²) in [5.41, 5.74) is 3.49. The van der Waals surface area contributed by atoms with Crippen molar-refractivity contribution in [1.29, 1.82) is 0 Å². The highest BCUT2D eigenvalue weighted by atomic mass is 16.5. The summed E-state index contributed by atoms with van der Waals surface area (Å²) in [6.45, 7) is 2.61. The van der Waals surface area contributed by atoms with E-state index in [0.717, 1.165) is 22.4 Å². The summed E-state index contributed by atoms with van der Waals surface area (Å²) in [6, 6.07) is 22.8. The molecule has 0 aliphatic carbocycles. The third-order valence-electron chi connectivity index (χ3n) is 5.41. The summed E-state index contributed by atoms with van der Waals surface area (Å²) >= 11 is 0. The number of nitrogens with zero attached hydrogens (tertiary/aromatic N) is 1. The van der Waals surface area contributed by atoms with Crippen LogP contribution < -0.4 is 14.8 Å². The minimum atomic E-state index is -0.590. The highest BCUT2D eigenvalue weighted by Gasteiger charge is 2.28. The van der Waals surface area contributed by atoms with E-state index in [1.54, 1.807) is 25.0 Å². The van der Waals surface area contributed by atoms with E-state index in [2.05, 4.69) is 5.32 Å². The van der Waals surface area contributed by atoms with Gasteiger partial charge in [-0.3, -0.25) is 9.59 Å². The van der Waals surface area contributed by atoms with Gasteiger partial charge in [0, 0.05) is 24.3 Å². The number of fused-ring (bicyclic) bond motifs is 1. The van der Waals surface area contributed by atoms with Crippen LogP contribution in [-0.2, 0) is 29.1 Å². The fourth-order valence-corrected chi connectivity index (χ4v) is 3.75. The SMILES string of the molecule is COc1ccc(CN2Cc3cc(NC(=O)Cc4ccccc4)ccc3OC(C)C2=O)cc1. The first-order chi connectivity index (χ1) is 15.5. The van der Waals surface area contributed by atoms with Crippen LogP contribution in [0.1, 0.15) is 23.6 Å². The molecule has 3 aromatic carbocycles. The van der Waals surface area contributed by atoms with E-state index < -0.39 is 6.10 Å². The van der Waals surface area contributed by atoms with E-state index in [-0.39, 0.29) is 11.8 Å². The maximum Gasteiger partial charge on any atom is 0.263 e. The zero-order valence-corrected chi connectivity index (χ0v) is 18.2. The number of amides is 2. The third kappa shape index (κ3) is 5.09. The molecular formula is C26H26N2O4. The lowest BCUT2D eigenvalue weighted by atomic mass is 10.1. The van der Waals surface area contributed by atoms with Crippen molar-refractivity contribution in [2.75, 3.05) is 12.4 Å². The minimum absolute atomic E-state index is 0.0771. The van der Waals surface area contributed by atoms with Crippen LogP contribution in [-0.4, -0.2) is 29.9 Å². The predicted octanol–water partition coefficient (Wildman–Crippen LogP) is 4.19. The molecule has 6 nitrogen and oxygen atoms in total. The Morgan fingerprint density at radius 3 is 2.53 bits per heavy atom. The molecule has 1 aliphatic heterocycles. The van der Waals surface area contributed by atoms with Crippen LogP contribution in [0.3, 0.4) is 0 Å². The molecule has 4 rings (SSSR count). The zero-order chi connectivity index (χ0) is 22.5. The second-order valence-corrected chi connectivity index (χ2v) is 7.84. The third-order valence-corrected chi connectivity index (χ3v) is 5.41. The van der Waals surface area contributed by atoms with E-state index in [1.165, 1.54) is 0 Å². The summed E-state index contributed by atoms with van der Waals surface area (Å²) in [7, 11) is 1.62. The first-order valence-electron chi connectivity index (χ1n) is 10.6. The molecule has 1 aliphatic rings. The van der Waals surface area contributed by atoms with Gasteiger partial charge in [0.25, 0.3) is 5.91 Å². The quantitative estimate of drug-likeness (QED) is 0.637. The van der Waals surface area contributed by atoms with Gasteiger partial charge in [0.2, 0.25) is 5.91 Å². The number of hydrogen-bond donors (Lipinski definition) is 1. The maximum absolute atomic E-state index is 12.9. The van der Waals surface area contributed by atoms with Crippen LogP contribution in [0.5, 0.6) is 11.5 Å². The van der Waals surface area contributed by atoms with Gasteiger partial charge in [0.1, 0.15) is 11.5 Å². The molecule has 1 heterocycles. The summed E-state index contributed by atoms with van der Waals surface area (Å²) in [6.07, 6.45) is -0.291. The van der Waals surface area contributed by atoms with Gasteiger partial charge < -0.3 is 19.7 Å². The van der Waals surface area contributed by atoms with Crippen molar-refractivity contribution in [3.8, 4) is 11.5 Å². The summed E-state index contributed by atoms with van der Waals surface area (Å²) in [5, 5.41) is 2.95. The molecular weight excluding hydrogens is 404 g/mol. The van der Waals surface area contributed by atoms with Gasteiger partial charge in [0.05, 0.1) is 13.5 Å². The second-order valence-electron chi connectivity index (χ2n) is 7.84. The highest BCUT2D eigenvalue weighted by molar-refractivity contribution is 5.92. The number of carbonyl (C=O) groups is 2. The standard InChI is InChI=1S/C26H26N2O4/c1-18-26(30)28(16-20-8-11-23(31-2)12-9-20)17-21-15-22(10-13-24(21)32-18)27-25(29)14-19-6-4-3-5-7-19/h3-13,15,18H,14,16-17H2,1-2H3,(H,27,29). The smallest absolute Gasteiger partial charge is 0.263 e. The first kappa shape index (κ1) is 21.4. The number of anilines is 1. The first-order valence-corrected chi connectivity index (χ1v) is 10.6. The molecule has 2 amide bonds. The van der Waals surface area contributed by atoms with E-state index in [9.17, 15) is 9.59 Å². The molecule has 6 heteroatoms. The average molecular weight is 431 g/mol. The van der Waals surface area contributed by atoms with Crippen LogP contribution in [0.4, 0.5) is 5.69 Å². The van der Waals surface area contributed by atoms with Crippen LogP contribution in [0, 0.1) is 0 Å². The Morgan fingerprint density at radius 2 is 1.81 bits per heavy atom. The predicted molar refractivity (Wildman–Crippen MR) is 123 cm³/mol.